The van der Waals surface area contributed by atoms with Gasteiger partial charge in [-0.1, -0.05) is 39.8 Å². The van der Waals surface area contributed by atoms with E-state index in [4.69, 9.17) is 19.7 Å². The zero-order chi connectivity index (χ0) is 48.0. The highest BCUT2D eigenvalue weighted by Crippen LogP contribution is 2.31. The molecule has 0 aliphatic heterocycles. The standard InChI is InChI=1S/C23H25N3O6S2.C23H25N3O4S2/c1-14(2)12-32-20-10-15(3)4-9-19(20)25-22(29)26-23-24-11-17(33-23)13-34(30,31)18-7-5-16(6-8-18)21(27)28;1-14(2)12-30-20-10-15(3)4-9-19(20)25-22(29)26-23-24-11-18(32-23)13-31-17-7-5-16(6-8-17)21(27)28/h4-11,14H,12-13H2,1-3H3,(H,27,28)(H2,24,25,26,29);4-11,14H,12-13H2,1-3H3,(H,27,28)(H2,24,25,26,29). The van der Waals surface area contributed by atoms with Crippen LogP contribution in [-0.2, 0) is 21.3 Å². The molecule has 6 aromatic rings. The van der Waals surface area contributed by atoms with E-state index in [-0.39, 0.29) is 32.9 Å². The fourth-order valence-electron chi connectivity index (χ4n) is 5.51. The Bertz CT molecular complexity index is 2740. The first-order valence-electron chi connectivity index (χ1n) is 20.4. The average Bonchev–Trinajstić information content (AvgIpc) is 3.91. The van der Waals surface area contributed by atoms with Gasteiger partial charge in [0.15, 0.2) is 20.1 Å². The normalized spacial score (nSPS) is 11.0. The molecule has 0 saturated heterocycles. The van der Waals surface area contributed by atoms with Crippen molar-refractivity contribution in [1.29, 1.82) is 0 Å². The van der Waals surface area contributed by atoms with Crippen molar-refractivity contribution in [3.63, 3.8) is 0 Å². The lowest BCUT2D eigenvalue weighted by atomic mass is 10.2. The summed E-state index contributed by atoms with van der Waals surface area (Å²) in [6, 6.07) is 21.9. The highest BCUT2D eigenvalue weighted by molar-refractivity contribution is 7.98. The molecule has 0 bridgehead atoms. The third kappa shape index (κ3) is 15.9. The van der Waals surface area contributed by atoms with Crippen LogP contribution in [-0.4, -0.2) is 65.8 Å². The van der Waals surface area contributed by atoms with Crippen LogP contribution in [0, 0.1) is 25.7 Å². The van der Waals surface area contributed by atoms with Crippen LogP contribution in [0.3, 0.4) is 0 Å². The van der Waals surface area contributed by atoms with Crippen molar-refractivity contribution >= 4 is 89.9 Å². The first-order chi connectivity index (χ1) is 31.3. The smallest absolute Gasteiger partial charge is 0.335 e. The Morgan fingerprint density at radius 2 is 1.08 bits per heavy atom. The number of carboxylic acids is 2. The van der Waals surface area contributed by atoms with E-state index in [2.05, 4.69) is 45.1 Å². The second kappa shape index (κ2) is 23.6. The Morgan fingerprint density at radius 1 is 0.636 bits per heavy atom. The lowest BCUT2D eigenvalue weighted by Crippen LogP contribution is -2.20. The molecule has 6 rings (SSSR count). The molecule has 348 valence electrons. The number of aryl methyl sites for hydroxylation is 2. The van der Waals surface area contributed by atoms with Gasteiger partial charge in [0.05, 0.1) is 46.4 Å². The van der Waals surface area contributed by atoms with Gasteiger partial charge in [0.25, 0.3) is 0 Å². The van der Waals surface area contributed by atoms with Gasteiger partial charge in [-0.2, -0.15) is 0 Å². The first-order valence-corrected chi connectivity index (χ1v) is 24.6. The molecule has 4 amide bonds. The Labute approximate surface area is 395 Å². The maximum absolute atomic E-state index is 12.6. The number of carboxylic acid groups (broad SMARTS) is 2. The number of sulfone groups is 1. The van der Waals surface area contributed by atoms with E-state index < -0.39 is 27.8 Å². The minimum absolute atomic E-state index is 0.000536. The zero-order valence-corrected chi connectivity index (χ0v) is 40.2. The van der Waals surface area contributed by atoms with E-state index in [0.717, 1.165) is 32.2 Å². The second-order valence-corrected chi connectivity index (χ2v) is 20.8. The maximum Gasteiger partial charge on any atom is 0.335 e. The van der Waals surface area contributed by atoms with Gasteiger partial charge in [-0.3, -0.25) is 10.6 Å². The van der Waals surface area contributed by atoms with Gasteiger partial charge in [-0.25, -0.2) is 37.6 Å². The van der Waals surface area contributed by atoms with Crippen molar-refractivity contribution in [2.24, 2.45) is 11.8 Å². The number of rotatable bonds is 18. The maximum atomic E-state index is 12.6. The summed E-state index contributed by atoms with van der Waals surface area (Å²) in [5.41, 5.74) is 3.41. The van der Waals surface area contributed by atoms with E-state index in [1.165, 1.54) is 41.8 Å². The van der Waals surface area contributed by atoms with Crippen LogP contribution in [0.1, 0.15) is 69.3 Å². The predicted octanol–water partition coefficient (Wildman–Crippen LogP) is 10.9. The van der Waals surface area contributed by atoms with Crippen molar-refractivity contribution in [3.8, 4) is 11.5 Å². The Morgan fingerprint density at radius 3 is 1.53 bits per heavy atom. The van der Waals surface area contributed by atoms with Crippen LogP contribution in [0.15, 0.2) is 107 Å². The number of amides is 4. The fourth-order valence-corrected chi connectivity index (χ4v) is 9.70. The molecule has 0 saturated carbocycles. The monoisotopic (exact) mass is 974 g/mol. The Balaban J connectivity index is 0.000000248. The van der Waals surface area contributed by atoms with Gasteiger partial charge < -0.3 is 30.3 Å². The molecule has 0 aliphatic rings. The number of thioether (sulfide) groups is 1. The highest BCUT2D eigenvalue weighted by atomic mass is 32.2. The number of aromatic nitrogens is 2. The number of hydrogen-bond acceptors (Lipinski definition) is 13. The number of nitrogens with one attached hydrogen (secondary N) is 4. The number of urea groups is 2. The molecule has 0 aliphatic carbocycles. The molecular weight excluding hydrogens is 925 g/mol. The van der Waals surface area contributed by atoms with Crippen LogP contribution in [0.2, 0.25) is 0 Å². The largest absolute Gasteiger partial charge is 0.491 e. The van der Waals surface area contributed by atoms with Crippen LogP contribution >= 0.6 is 34.4 Å². The third-order valence-corrected chi connectivity index (χ3v) is 13.7. The van der Waals surface area contributed by atoms with E-state index in [1.807, 2.05) is 58.0 Å². The summed E-state index contributed by atoms with van der Waals surface area (Å²) < 4.78 is 36.9. The molecule has 2 heterocycles. The summed E-state index contributed by atoms with van der Waals surface area (Å²) in [5.74, 6) is 0.153. The van der Waals surface area contributed by atoms with Crippen LogP contribution in [0.25, 0.3) is 0 Å². The molecule has 16 nitrogen and oxygen atoms in total. The summed E-state index contributed by atoms with van der Waals surface area (Å²) in [5, 5.41) is 29.6. The number of carbonyl (C=O) groups excluding carboxylic acids is 2. The molecule has 66 heavy (non-hydrogen) atoms. The van der Waals surface area contributed by atoms with Gasteiger partial charge in [0, 0.05) is 32.8 Å². The first kappa shape index (κ1) is 50.5. The van der Waals surface area contributed by atoms with Gasteiger partial charge in [-0.05, 0) is 110 Å². The predicted molar refractivity (Wildman–Crippen MR) is 260 cm³/mol. The molecule has 0 unspecified atom stereocenters. The Kier molecular flexibility index (Phi) is 18.1. The van der Waals surface area contributed by atoms with Gasteiger partial charge >= 0.3 is 24.0 Å². The summed E-state index contributed by atoms with van der Waals surface area (Å²) in [7, 11) is -3.71. The van der Waals surface area contributed by atoms with Crippen molar-refractivity contribution in [2.45, 2.75) is 62.8 Å². The summed E-state index contributed by atoms with van der Waals surface area (Å²) >= 11 is 4.00. The molecule has 0 fully saturated rings. The SMILES string of the molecule is Cc1ccc(NC(=O)Nc2ncc(CS(=O)(=O)c3ccc(C(=O)O)cc3)s2)c(OCC(C)C)c1.Cc1ccc(NC(=O)Nc2ncc(CSc3ccc(C(=O)O)cc3)s2)c(OCC(C)C)c1. The fraction of sp³-hybridized carbons (Fsp3) is 0.261. The van der Waals surface area contributed by atoms with E-state index >= 15 is 0 Å². The Hall–Kier alpha value is -6.48. The zero-order valence-electron chi connectivity index (χ0n) is 36.9. The molecule has 4 aromatic carbocycles. The third-order valence-electron chi connectivity index (χ3n) is 8.74. The lowest BCUT2D eigenvalue weighted by molar-refractivity contribution is 0.0686. The lowest BCUT2D eigenvalue weighted by Gasteiger charge is -2.14. The van der Waals surface area contributed by atoms with E-state index in [0.29, 0.717) is 63.7 Å². The average molecular weight is 975 g/mol. The molecule has 20 heteroatoms. The van der Waals surface area contributed by atoms with Crippen LogP contribution < -0.4 is 30.7 Å². The number of anilines is 4. The van der Waals surface area contributed by atoms with Crippen LogP contribution in [0.5, 0.6) is 11.5 Å². The number of thiazole rings is 2. The summed E-state index contributed by atoms with van der Waals surface area (Å²) in [6.07, 6.45) is 3.11. The molecule has 6 N–H and O–H groups in total. The topological polar surface area (TPSA) is 235 Å². The molecule has 0 atom stereocenters. The van der Waals surface area contributed by atoms with Crippen molar-refractivity contribution in [3.05, 3.63) is 129 Å². The minimum Gasteiger partial charge on any atom is -0.491 e. The number of ether oxygens (including phenoxy) is 2. The molecule has 0 spiro atoms. The van der Waals surface area contributed by atoms with Crippen LogP contribution in [0.4, 0.5) is 31.2 Å². The van der Waals surface area contributed by atoms with Gasteiger partial charge in [0.1, 0.15) is 11.5 Å². The molecule has 2 aromatic heterocycles. The van der Waals surface area contributed by atoms with Crippen molar-refractivity contribution in [1.82, 2.24) is 9.97 Å². The summed E-state index contributed by atoms with van der Waals surface area (Å²) in [4.78, 5) is 57.6. The van der Waals surface area contributed by atoms with E-state index in [9.17, 15) is 27.6 Å². The summed E-state index contributed by atoms with van der Waals surface area (Å²) in [6.45, 7) is 13.2. The molecule has 0 radical (unpaired) electrons. The van der Waals surface area contributed by atoms with Gasteiger partial charge in [-0.15, -0.1) is 34.4 Å². The van der Waals surface area contributed by atoms with Crippen molar-refractivity contribution < 1.29 is 47.3 Å². The number of benzene rings is 4. The number of nitrogens with zero attached hydrogens (tertiary/aromatic N) is 2. The van der Waals surface area contributed by atoms with Crippen molar-refractivity contribution in [2.75, 3.05) is 34.5 Å². The second-order valence-electron chi connectivity index (χ2n) is 15.5. The number of carbonyl (C=O) groups is 4. The number of hydrogen-bond donors (Lipinski definition) is 6. The minimum atomic E-state index is -3.71. The highest BCUT2D eigenvalue weighted by Gasteiger charge is 2.19. The van der Waals surface area contributed by atoms with Gasteiger partial charge in [0.2, 0.25) is 0 Å². The number of aromatic carboxylic acids is 2. The molecular formula is C46H50N6O10S4. The quantitative estimate of drug-likeness (QED) is 0.0440. The van der Waals surface area contributed by atoms with E-state index in [1.54, 1.807) is 48.3 Å².